The van der Waals surface area contributed by atoms with Crippen LogP contribution in [-0.4, -0.2) is 42.2 Å². The Morgan fingerprint density at radius 3 is 2.32 bits per heavy atom. The lowest BCUT2D eigenvalue weighted by Gasteiger charge is -2.31. The Hall–Kier alpha value is -3.50. The first-order valence-corrected chi connectivity index (χ1v) is 16.2. The van der Waals surface area contributed by atoms with Crippen LogP contribution in [0.3, 0.4) is 0 Å². The van der Waals surface area contributed by atoms with E-state index in [9.17, 15) is 4.79 Å². The van der Waals surface area contributed by atoms with Crippen molar-refractivity contribution in [3.8, 4) is 5.75 Å². The van der Waals surface area contributed by atoms with Crippen LogP contribution in [0.25, 0.3) is 0 Å². The molecule has 0 radical (unpaired) electrons. The summed E-state index contributed by atoms with van der Waals surface area (Å²) in [5.41, 5.74) is 8.53. The largest absolute Gasteiger partial charge is 0.494 e. The van der Waals surface area contributed by atoms with Crippen LogP contribution in [0.1, 0.15) is 41.2 Å². The van der Waals surface area contributed by atoms with Gasteiger partial charge in [-0.2, -0.15) is 0 Å². The Bertz CT molecular complexity index is 1570. The van der Waals surface area contributed by atoms with Crippen LogP contribution in [0.2, 0.25) is 0 Å². The van der Waals surface area contributed by atoms with E-state index >= 15 is 0 Å². The fraction of sp³-hybridized carbons (Fsp3) is 0.257. The van der Waals surface area contributed by atoms with Crippen molar-refractivity contribution in [1.82, 2.24) is 10.9 Å². The highest BCUT2D eigenvalue weighted by atomic mass is 79.9. The van der Waals surface area contributed by atoms with Gasteiger partial charge in [-0.25, -0.2) is 10.4 Å². The van der Waals surface area contributed by atoms with Gasteiger partial charge in [0.25, 0.3) is 5.91 Å². The predicted molar refractivity (Wildman–Crippen MR) is 180 cm³/mol. The standard InChI is InChI=1S/C35H35Br2N3O4/c36-30-15-6-4-13-27(30)24-35(34(42)40-38-21-8-12-25-10-2-1-3-11-25)32(29-14-5-7-16-31(29)37)44-33(39-35)26-17-19-28(20-18-26)43-23-9-22-41/h1-7,10-11,13-20,32,38,41H,8-9,12,21-24H2,(H,40,42)/t32-,35-/m0/s1. The first-order chi connectivity index (χ1) is 21.5. The van der Waals surface area contributed by atoms with E-state index in [1.54, 1.807) is 0 Å². The molecular formula is C35H35Br2N3O4. The highest BCUT2D eigenvalue weighted by molar-refractivity contribution is 9.10. The van der Waals surface area contributed by atoms with E-state index in [4.69, 9.17) is 19.6 Å². The predicted octanol–water partition coefficient (Wildman–Crippen LogP) is 6.73. The molecule has 7 nitrogen and oxygen atoms in total. The molecule has 0 aromatic heterocycles. The van der Waals surface area contributed by atoms with Crippen LogP contribution < -0.4 is 15.6 Å². The number of aliphatic imine (C=N–C) groups is 1. The lowest BCUT2D eigenvalue weighted by molar-refractivity contribution is -0.130. The second kappa shape index (κ2) is 15.5. The molecule has 44 heavy (non-hydrogen) atoms. The lowest BCUT2D eigenvalue weighted by Crippen LogP contribution is -2.54. The molecule has 0 bridgehead atoms. The molecule has 0 fully saturated rings. The minimum Gasteiger partial charge on any atom is -0.494 e. The molecular weight excluding hydrogens is 686 g/mol. The van der Waals surface area contributed by atoms with Gasteiger partial charge in [0.1, 0.15) is 5.75 Å². The summed E-state index contributed by atoms with van der Waals surface area (Å²) >= 11 is 7.38. The maximum atomic E-state index is 14.4. The molecule has 0 saturated carbocycles. The average molecular weight is 721 g/mol. The molecule has 9 heteroatoms. The van der Waals surface area contributed by atoms with Gasteiger partial charge in [-0.1, -0.05) is 98.6 Å². The van der Waals surface area contributed by atoms with E-state index in [2.05, 4.69) is 54.8 Å². The second-order valence-corrected chi connectivity index (χ2v) is 12.3. The fourth-order valence-electron chi connectivity index (χ4n) is 5.16. The third kappa shape index (κ3) is 7.77. The quantitative estimate of drug-likeness (QED) is 0.0994. The maximum Gasteiger partial charge on any atom is 0.266 e. The van der Waals surface area contributed by atoms with Crippen molar-refractivity contribution in [3.63, 3.8) is 0 Å². The van der Waals surface area contributed by atoms with Crippen molar-refractivity contribution in [3.05, 3.63) is 134 Å². The zero-order valence-electron chi connectivity index (χ0n) is 24.2. The Kier molecular flexibility index (Phi) is 11.2. The third-order valence-corrected chi connectivity index (χ3v) is 8.94. The number of carbonyl (C=O) groups is 1. The van der Waals surface area contributed by atoms with Crippen molar-refractivity contribution < 1.29 is 19.4 Å². The van der Waals surface area contributed by atoms with Crippen molar-refractivity contribution >= 4 is 43.7 Å². The molecule has 4 aromatic rings. The Morgan fingerprint density at radius 2 is 1.59 bits per heavy atom. The Balaban J connectivity index is 1.46. The van der Waals surface area contributed by atoms with Crippen molar-refractivity contribution in [1.29, 1.82) is 0 Å². The van der Waals surface area contributed by atoms with Crippen molar-refractivity contribution in [2.45, 2.75) is 37.3 Å². The van der Waals surface area contributed by atoms with Gasteiger partial charge in [-0.3, -0.25) is 10.2 Å². The molecule has 0 aliphatic carbocycles. The van der Waals surface area contributed by atoms with Crippen LogP contribution in [-0.2, 0) is 22.4 Å². The number of ether oxygens (including phenoxy) is 2. The smallest absolute Gasteiger partial charge is 0.266 e. The summed E-state index contributed by atoms with van der Waals surface area (Å²) in [5, 5.41) is 9.06. The van der Waals surface area contributed by atoms with Gasteiger partial charge < -0.3 is 14.6 Å². The van der Waals surface area contributed by atoms with Gasteiger partial charge in [0.2, 0.25) is 5.90 Å². The number of rotatable bonds is 14. The second-order valence-electron chi connectivity index (χ2n) is 10.5. The number of hydrogen-bond acceptors (Lipinski definition) is 6. The minimum absolute atomic E-state index is 0.0721. The number of carbonyl (C=O) groups excluding carboxylic acids is 1. The summed E-state index contributed by atoms with van der Waals surface area (Å²) in [6.45, 7) is 1.09. The number of aliphatic hydroxyl groups is 1. The zero-order chi connectivity index (χ0) is 30.8. The van der Waals surface area contributed by atoms with E-state index in [0.717, 1.165) is 38.5 Å². The van der Waals surface area contributed by atoms with E-state index < -0.39 is 11.6 Å². The summed E-state index contributed by atoms with van der Waals surface area (Å²) < 4.78 is 14.1. The number of benzene rings is 4. The zero-order valence-corrected chi connectivity index (χ0v) is 27.4. The van der Waals surface area contributed by atoms with Crippen LogP contribution in [0, 0.1) is 0 Å². The molecule has 1 aliphatic rings. The number of nitrogens with zero attached hydrogens (tertiary/aromatic N) is 1. The maximum absolute atomic E-state index is 14.4. The molecule has 2 atom stereocenters. The molecule has 0 spiro atoms. The summed E-state index contributed by atoms with van der Waals surface area (Å²) in [4.78, 5) is 19.5. The van der Waals surface area contributed by atoms with Gasteiger partial charge in [0.15, 0.2) is 11.6 Å². The van der Waals surface area contributed by atoms with Crippen LogP contribution in [0.4, 0.5) is 0 Å². The molecule has 228 valence electrons. The monoisotopic (exact) mass is 719 g/mol. The third-order valence-electron chi connectivity index (χ3n) is 7.45. The first-order valence-electron chi connectivity index (χ1n) is 14.7. The summed E-state index contributed by atoms with van der Waals surface area (Å²) in [6.07, 6.45) is 1.89. The van der Waals surface area contributed by atoms with Gasteiger partial charge in [0.05, 0.1) is 6.61 Å². The molecule has 1 amide bonds. The van der Waals surface area contributed by atoms with Gasteiger partial charge >= 0.3 is 0 Å². The van der Waals surface area contributed by atoms with Crippen LogP contribution in [0.15, 0.2) is 117 Å². The van der Waals surface area contributed by atoms with Crippen molar-refractivity contribution in [2.75, 3.05) is 19.8 Å². The van der Waals surface area contributed by atoms with E-state index in [0.29, 0.717) is 37.6 Å². The molecule has 1 heterocycles. The molecule has 1 aliphatic heterocycles. The molecule has 0 unspecified atom stereocenters. The molecule has 0 saturated heterocycles. The van der Waals surface area contributed by atoms with Gasteiger partial charge in [0, 0.05) is 46.1 Å². The number of nitrogens with one attached hydrogen (secondary N) is 2. The molecule has 4 aromatic carbocycles. The molecule has 5 rings (SSSR count). The number of halogens is 2. The van der Waals surface area contributed by atoms with E-state index in [-0.39, 0.29) is 12.5 Å². The minimum atomic E-state index is -1.33. The Labute approximate surface area is 274 Å². The fourth-order valence-corrected chi connectivity index (χ4v) is 6.07. The summed E-state index contributed by atoms with van der Waals surface area (Å²) in [7, 11) is 0. The highest BCUT2D eigenvalue weighted by Crippen LogP contribution is 2.45. The SMILES string of the molecule is O=C(NNCCCc1ccccc1)[C@@]1(Cc2ccccc2Br)N=C(c2ccc(OCCCO)cc2)O[C@H]1c1ccccc1Br. The number of aryl methyl sites for hydroxylation is 1. The molecule has 3 N–H and O–H groups in total. The van der Waals surface area contributed by atoms with Gasteiger partial charge in [-0.05, 0) is 60.4 Å². The summed E-state index contributed by atoms with van der Waals surface area (Å²) in [6, 6.07) is 33.3. The Morgan fingerprint density at radius 1 is 0.886 bits per heavy atom. The van der Waals surface area contributed by atoms with E-state index in [1.807, 2.05) is 91.0 Å². The number of hydrogen-bond donors (Lipinski definition) is 3. The number of hydrazine groups is 1. The lowest BCUT2D eigenvalue weighted by atomic mass is 9.82. The summed E-state index contributed by atoms with van der Waals surface area (Å²) in [5.74, 6) is 0.770. The van der Waals surface area contributed by atoms with Crippen molar-refractivity contribution in [2.24, 2.45) is 4.99 Å². The van der Waals surface area contributed by atoms with Crippen LogP contribution in [0.5, 0.6) is 5.75 Å². The van der Waals surface area contributed by atoms with E-state index in [1.165, 1.54) is 5.56 Å². The highest BCUT2D eigenvalue weighted by Gasteiger charge is 2.54. The first kappa shape index (κ1) is 31.9. The number of aliphatic hydroxyl groups excluding tert-OH is 1. The van der Waals surface area contributed by atoms with Gasteiger partial charge in [-0.15, -0.1) is 0 Å². The topological polar surface area (TPSA) is 92.2 Å². The van der Waals surface area contributed by atoms with Crippen LogP contribution >= 0.6 is 31.9 Å². The normalized spacial score (nSPS) is 17.5. The number of amides is 1. The average Bonchev–Trinajstić information content (AvgIpc) is 3.43.